The Labute approximate surface area is 380 Å². The number of imide groups is 1. The molecule has 1 saturated heterocycles. The number of amides is 4. The molecule has 1 aliphatic heterocycles. The van der Waals surface area contributed by atoms with Crippen LogP contribution in [0.2, 0.25) is 0 Å². The number of ether oxygens (including phenoxy) is 2. The predicted octanol–water partition coefficient (Wildman–Crippen LogP) is 4.59. The number of benzene rings is 2. The number of oxazole rings is 1. The van der Waals surface area contributed by atoms with Gasteiger partial charge in [0.2, 0.25) is 17.7 Å². The first kappa shape index (κ1) is 46.4. The number of alkyl halides is 3. The van der Waals surface area contributed by atoms with Gasteiger partial charge in [0.15, 0.2) is 11.4 Å². The van der Waals surface area contributed by atoms with E-state index in [0.717, 1.165) is 18.4 Å². The van der Waals surface area contributed by atoms with Gasteiger partial charge < -0.3 is 35.6 Å². The number of anilines is 2. The number of imidazole rings is 1. The molecule has 0 bridgehead atoms. The van der Waals surface area contributed by atoms with Crippen LogP contribution >= 0.6 is 0 Å². The van der Waals surface area contributed by atoms with Gasteiger partial charge in [-0.15, -0.1) is 0 Å². The van der Waals surface area contributed by atoms with Crippen LogP contribution in [0.3, 0.4) is 0 Å². The van der Waals surface area contributed by atoms with Crippen molar-refractivity contribution in [3.05, 3.63) is 106 Å². The minimum Gasteiger partial charge on any atom is -0.444 e. The molecule has 2 aromatic carbocycles. The van der Waals surface area contributed by atoms with Gasteiger partial charge in [0, 0.05) is 44.9 Å². The van der Waals surface area contributed by atoms with E-state index in [1.807, 2.05) is 12.1 Å². The Bertz CT molecular complexity index is 2830. The van der Waals surface area contributed by atoms with Crippen molar-refractivity contribution < 1.29 is 46.2 Å². The lowest BCUT2D eigenvalue weighted by Crippen LogP contribution is -2.44. The van der Waals surface area contributed by atoms with Gasteiger partial charge in [0.05, 0.1) is 48.4 Å². The number of hydrogen-bond donors (Lipinski definition) is 5. The molecule has 67 heavy (non-hydrogen) atoms. The second-order valence-corrected chi connectivity index (χ2v) is 16.3. The lowest BCUT2D eigenvalue weighted by atomic mass is 10.1. The third-order valence-corrected chi connectivity index (χ3v) is 11.4. The molecular weight excluding hydrogens is 880 g/mol. The monoisotopic (exact) mass is 927 g/mol. The van der Waals surface area contributed by atoms with E-state index >= 15 is 0 Å². The lowest BCUT2D eigenvalue weighted by Gasteiger charge is -2.22. The van der Waals surface area contributed by atoms with Crippen LogP contribution in [0.25, 0.3) is 28.2 Å². The van der Waals surface area contributed by atoms with Crippen LogP contribution in [0.15, 0.2) is 82.5 Å². The highest BCUT2D eigenvalue weighted by Gasteiger charge is 2.40. The Hall–Kier alpha value is -7.17. The Morgan fingerprint density at radius 2 is 1.76 bits per heavy atom. The molecule has 6 N–H and O–H groups in total. The van der Waals surface area contributed by atoms with Gasteiger partial charge in [-0.1, -0.05) is 18.2 Å². The SMILES string of the molecule is Cn1c(=O)n(C2CCC(=O)NC2=O)c2ccc(CCCOCCOCCNC(c3ccc(-n4cc(NC(=O)c5coc(-c6ccnc(NCC7CC7)c6)n5)c(C(N)=O)n4)cc3)C(F)(F)F)cc21. The van der Waals surface area contributed by atoms with E-state index in [9.17, 15) is 37.1 Å². The Morgan fingerprint density at radius 1 is 0.985 bits per heavy atom. The first-order valence-electron chi connectivity index (χ1n) is 21.7. The van der Waals surface area contributed by atoms with Crippen LogP contribution in [0.4, 0.5) is 24.7 Å². The molecule has 8 rings (SSSR count). The standard InChI is InChI=1S/C45H48F3N11O8/c1-57-35-21-26(6-11-33(35)59(44(57)64)34-12-13-37(60)55-42(34)63)3-2-17-65-19-20-66-18-16-51-39(45(46,47)48)28-7-9-30(10-8-28)58-24-31(38(56-58)40(49)61)53-41(62)32-25-67-43(54-32)29-14-15-50-36(22-29)52-23-27-4-5-27/h6-11,14-15,21-22,24-25,27,34,39,51H,2-5,12-13,16-20,23H2,1H3,(H2,49,61)(H,50,52)(H,53,62)(H,55,60,63). The molecule has 0 radical (unpaired) electrons. The number of aryl methyl sites for hydroxylation is 2. The van der Waals surface area contributed by atoms with Crippen LogP contribution in [-0.2, 0) is 32.5 Å². The topological polar surface area (TPSA) is 245 Å². The maximum Gasteiger partial charge on any atom is 0.407 e. The second kappa shape index (κ2) is 20.1. The molecule has 2 fully saturated rings. The number of pyridine rings is 1. The lowest BCUT2D eigenvalue weighted by molar-refractivity contribution is -0.158. The highest BCUT2D eigenvalue weighted by molar-refractivity contribution is 6.07. The van der Waals surface area contributed by atoms with Gasteiger partial charge in [-0.3, -0.25) is 33.6 Å². The largest absolute Gasteiger partial charge is 0.444 e. The molecule has 4 aromatic heterocycles. The number of carbonyl (C=O) groups is 4. The van der Waals surface area contributed by atoms with E-state index < -0.39 is 36.0 Å². The number of rotatable bonds is 21. The zero-order chi connectivity index (χ0) is 47.2. The number of piperidine rings is 1. The zero-order valence-corrected chi connectivity index (χ0v) is 36.3. The molecule has 352 valence electrons. The van der Waals surface area contributed by atoms with E-state index in [0.29, 0.717) is 53.5 Å². The van der Waals surface area contributed by atoms with E-state index in [-0.39, 0.29) is 79.3 Å². The minimum absolute atomic E-state index is 0.0128. The molecule has 5 heterocycles. The van der Waals surface area contributed by atoms with Gasteiger partial charge in [-0.05, 0) is 85.5 Å². The Morgan fingerprint density at radius 3 is 2.49 bits per heavy atom. The molecule has 2 atom stereocenters. The van der Waals surface area contributed by atoms with Crippen molar-refractivity contribution in [3.8, 4) is 17.1 Å². The number of hydrogen-bond acceptors (Lipinski definition) is 13. The summed E-state index contributed by atoms with van der Waals surface area (Å²) in [5.41, 5.74) is 7.83. The van der Waals surface area contributed by atoms with Crippen LogP contribution < -0.4 is 32.7 Å². The van der Waals surface area contributed by atoms with Crippen molar-refractivity contribution in [2.75, 3.05) is 50.2 Å². The van der Waals surface area contributed by atoms with Crippen molar-refractivity contribution in [1.82, 2.24) is 39.5 Å². The van der Waals surface area contributed by atoms with E-state index in [1.54, 1.807) is 31.4 Å². The Kier molecular flexibility index (Phi) is 13.9. The fourth-order valence-corrected chi connectivity index (χ4v) is 7.72. The molecule has 1 aliphatic carbocycles. The van der Waals surface area contributed by atoms with Gasteiger partial charge >= 0.3 is 11.9 Å². The van der Waals surface area contributed by atoms with E-state index in [1.165, 1.54) is 57.1 Å². The third kappa shape index (κ3) is 11.1. The van der Waals surface area contributed by atoms with E-state index in [2.05, 4.69) is 36.3 Å². The number of fused-ring (bicyclic) bond motifs is 1. The molecule has 1 saturated carbocycles. The number of nitrogens with one attached hydrogen (secondary N) is 4. The van der Waals surface area contributed by atoms with Gasteiger partial charge in [0.25, 0.3) is 11.8 Å². The van der Waals surface area contributed by atoms with Crippen molar-refractivity contribution in [1.29, 1.82) is 0 Å². The third-order valence-electron chi connectivity index (χ3n) is 11.4. The van der Waals surface area contributed by atoms with Crippen molar-refractivity contribution in [3.63, 3.8) is 0 Å². The molecule has 4 amide bonds. The zero-order valence-electron chi connectivity index (χ0n) is 36.3. The summed E-state index contributed by atoms with van der Waals surface area (Å²) in [5, 5.41) is 14.8. The van der Waals surface area contributed by atoms with Gasteiger partial charge in [-0.25, -0.2) is 19.4 Å². The quantitative estimate of drug-likeness (QED) is 0.0491. The molecular formula is C45H48F3N11O8. The normalized spacial score (nSPS) is 15.7. The average Bonchev–Trinajstić information content (AvgIpc) is 3.72. The van der Waals surface area contributed by atoms with Crippen molar-refractivity contribution in [2.24, 2.45) is 18.7 Å². The second-order valence-electron chi connectivity index (χ2n) is 16.3. The van der Waals surface area contributed by atoms with Crippen LogP contribution in [0.1, 0.15) is 76.3 Å². The summed E-state index contributed by atoms with van der Waals surface area (Å²) in [6.45, 7) is 1.48. The fraction of sp³-hybridized carbons (Fsp3) is 0.378. The summed E-state index contributed by atoms with van der Waals surface area (Å²) in [7, 11) is 1.63. The number of halogens is 3. The number of primary amides is 1. The van der Waals surface area contributed by atoms with Crippen molar-refractivity contribution in [2.45, 2.75) is 56.8 Å². The van der Waals surface area contributed by atoms with Crippen LogP contribution in [0.5, 0.6) is 0 Å². The first-order chi connectivity index (χ1) is 32.2. The van der Waals surface area contributed by atoms with Gasteiger partial charge in [0.1, 0.15) is 24.2 Å². The average molecular weight is 928 g/mol. The molecule has 22 heteroatoms. The smallest absolute Gasteiger partial charge is 0.407 e. The number of nitrogens with two attached hydrogens (primary N) is 1. The summed E-state index contributed by atoms with van der Waals surface area (Å²) in [5.74, 6) is -1.06. The maximum absolute atomic E-state index is 14.2. The number of carbonyl (C=O) groups excluding carboxylic acids is 4. The summed E-state index contributed by atoms with van der Waals surface area (Å²) in [6.07, 6.45) is 3.50. The first-order valence-corrected chi connectivity index (χ1v) is 21.7. The Balaban J connectivity index is 0.780. The highest BCUT2D eigenvalue weighted by atomic mass is 19.4. The minimum atomic E-state index is -4.64. The predicted molar refractivity (Wildman–Crippen MR) is 236 cm³/mol. The molecule has 2 aliphatic rings. The summed E-state index contributed by atoms with van der Waals surface area (Å²) in [4.78, 5) is 71.2. The summed E-state index contributed by atoms with van der Waals surface area (Å²) >= 11 is 0. The fourth-order valence-electron chi connectivity index (χ4n) is 7.72. The van der Waals surface area contributed by atoms with Crippen molar-refractivity contribution >= 4 is 46.2 Å². The van der Waals surface area contributed by atoms with Crippen LogP contribution in [-0.4, -0.2) is 98.2 Å². The van der Waals surface area contributed by atoms with Gasteiger partial charge in [-0.2, -0.15) is 18.3 Å². The van der Waals surface area contributed by atoms with Crippen LogP contribution in [0, 0.1) is 5.92 Å². The maximum atomic E-state index is 14.2. The number of nitrogens with zero attached hydrogens (tertiary/aromatic N) is 6. The summed E-state index contributed by atoms with van der Waals surface area (Å²) in [6, 6.07) is 11.6. The molecule has 19 nitrogen and oxygen atoms in total. The highest BCUT2D eigenvalue weighted by Crippen LogP contribution is 2.34. The molecule has 6 aromatic rings. The molecule has 2 unspecified atom stereocenters. The number of aromatic nitrogens is 6. The summed E-state index contributed by atoms with van der Waals surface area (Å²) < 4.78 is 63.5. The van der Waals surface area contributed by atoms with E-state index in [4.69, 9.17) is 19.6 Å². The molecule has 0 spiro atoms.